The van der Waals surface area contributed by atoms with Crippen LogP contribution < -0.4 is 0 Å². The van der Waals surface area contributed by atoms with Gasteiger partial charge in [0.2, 0.25) is 0 Å². The number of benzene rings is 1. The minimum Gasteiger partial charge on any atom is -0.393 e. The van der Waals surface area contributed by atoms with Crippen molar-refractivity contribution in [1.82, 2.24) is 0 Å². The molecule has 1 N–H and O–H groups in total. The molecule has 18 heavy (non-hydrogen) atoms. The van der Waals surface area contributed by atoms with E-state index in [1.807, 2.05) is 13.8 Å². The third kappa shape index (κ3) is 5.75. The minimum absolute atomic E-state index is 0.0116. The maximum atomic E-state index is 13.2. The second-order valence-electron chi connectivity index (χ2n) is 4.09. The van der Waals surface area contributed by atoms with E-state index in [1.165, 1.54) is 12.3 Å². The molecule has 4 nitrogen and oxygen atoms in total. The van der Waals surface area contributed by atoms with E-state index in [-0.39, 0.29) is 25.1 Å². The van der Waals surface area contributed by atoms with E-state index in [0.717, 1.165) is 0 Å². The molecule has 0 aliphatic rings. The minimum atomic E-state index is -0.745. The van der Waals surface area contributed by atoms with Crippen LogP contribution in [0.4, 0.5) is 4.39 Å². The molecular formula is C13H18FNO3. The number of hydrogen-bond donors (Lipinski definition) is 1. The van der Waals surface area contributed by atoms with Gasteiger partial charge in [0, 0.05) is 5.56 Å². The molecule has 100 valence electrons. The highest BCUT2D eigenvalue weighted by atomic mass is 19.1. The van der Waals surface area contributed by atoms with E-state index in [4.69, 9.17) is 9.57 Å². The molecule has 0 fully saturated rings. The number of hydrogen-bond acceptors (Lipinski definition) is 4. The number of aliphatic hydroxyl groups excluding tert-OH is 1. The van der Waals surface area contributed by atoms with Crippen LogP contribution in [0.2, 0.25) is 0 Å². The van der Waals surface area contributed by atoms with Gasteiger partial charge in [-0.2, -0.15) is 0 Å². The van der Waals surface area contributed by atoms with Gasteiger partial charge in [-0.05, 0) is 19.9 Å². The monoisotopic (exact) mass is 255 g/mol. The van der Waals surface area contributed by atoms with Crippen molar-refractivity contribution in [3.8, 4) is 0 Å². The summed E-state index contributed by atoms with van der Waals surface area (Å²) in [6, 6.07) is 6.23. The van der Waals surface area contributed by atoms with Gasteiger partial charge < -0.3 is 14.7 Å². The molecule has 0 saturated heterocycles. The molecule has 5 heteroatoms. The van der Waals surface area contributed by atoms with Gasteiger partial charge in [0.15, 0.2) is 0 Å². The average molecular weight is 255 g/mol. The highest BCUT2D eigenvalue weighted by molar-refractivity contribution is 5.79. The second-order valence-corrected chi connectivity index (χ2v) is 4.09. The summed E-state index contributed by atoms with van der Waals surface area (Å²) in [7, 11) is 0. The lowest BCUT2D eigenvalue weighted by atomic mass is 10.2. The highest BCUT2D eigenvalue weighted by Gasteiger charge is 2.05. The molecule has 0 spiro atoms. The molecule has 0 aliphatic heterocycles. The lowest BCUT2D eigenvalue weighted by Gasteiger charge is -2.11. The van der Waals surface area contributed by atoms with Crippen molar-refractivity contribution >= 4 is 6.21 Å². The molecule has 0 aliphatic carbocycles. The van der Waals surface area contributed by atoms with Crippen LogP contribution in [0.1, 0.15) is 19.4 Å². The van der Waals surface area contributed by atoms with Crippen LogP contribution in [-0.2, 0) is 9.57 Å². The maximum absolute atomic E-state index is 13.2. The zero-order chi connectivity index (χ0) is 13.4. The number of oxime groups is 1. The first-order valence-corrected chi connectivity index (χ1v) is 5.79. The van der Waals surface area contributed by atoms with Gasteiger partial charge in [-0.1, -0.05) is 23.4 Å². The molecule has 0 radical (unpaired) electrons. The van der Waals surface area contributed by atoms with Crippen molar-refractivity contribution in [2.75, 3.05) is 13.2 Å². The van der Waals surface area contributed by atoms with Gasteiger partial charge in [-0.3, -0.25) is 0 Å². The van der Waals surface area contributed by atoms with E-state index in [1.54, 1.807) is 18.2 Å². The Hall–Kier alpha value is -1.46. The Kier molecular flexibility index (Phi) is 6.32. The van der Waals surface area contributed by atoms with Crippen molar-refractivity contribution < 1.29 is 19.1 Å². The van der Waals surface area contributed by atoms with Gasteiger partial charge in [-0.15, -0.1) is 0 Å². The number of aliphatic hydroxyl groups is 1. The Balaban J connectivity index is 2.27. The third-order valence-electron chi connectivity index (χ3n) is 2.06. The lowest BCUT2D eigenvalue weighted by Crippen LogP contribution is -2.22. The summed E-state index contributed by atoms with van der Waals surface area (Å²) in [5.41, 5.74) is 0.338. The molecule has 1 aromatic rings. The van der Waals surface area contributed by atoms with E-state index in [0.29, 0.717) is 5.56 Å². The number of nitrogens with zero attached hydrogens (tertiary/aromatic N) is 1. The molecule has 1 unspecified atom stereocenters. The van der Waals surface area contributed by atoms with E-state index in [2.05, 4.69) is 5.16 Å². The van der Waals surface area contributed by atoms with Crippen LogP contribution >= 0.6 is 0 Å². The van der Waals surface area contributed by atoms with Crippen molar-refractivity contribution in [2.24, 2.45) is 5.16 Å². The molecule has 0 saturated carbocycles. The maximum Gasteiger partial charge on any atom is 0.145 e. The Morgan fingerprint density at radius 3 is 2.72 bits per heavy atom. The first-order chi connectivity index (χ1) is 8.59. The van der Waals surface area contributed by atoms with Crippen LogP contribution in [0.25, 0.3) is 0 Å². The smallest absolute Gasteiger partial charge is 0.145 e. The van der Waals surface area contributed by atoms with Gasteiger partial charge in [-0.25, -0.2) is 4.39 Å². The summed E-state index contributed by atoms with van der Waals surface area (Å²) in [6.07, 6.45) is 0.581. The Morgan fingerprint density at radius 2 is 2.06 bits per heavy atom. The largest absolute Gasteiger partial charge is 0.393 e. The van der Waals surface area contributed by atoms with Crippen LogP contribution in [-0.4, -0.2) is 36.7 Å². The van der Waals surface area contributed by atoms with Crippen molar-refractivity contribution in [1.29, 1.82) is 0 Å². The molecule has 0 bridgehead atoms. The first kappa shape index (κ1) is 14.6. The summed E-state index contributed by atoms with van der Waals surface area (Å²) < 4.78 is 18.4. The lowest BCUT2D eigenvalue weighted by molar-refractivity contribution is -0.0343. The van der Waals surface area contributed by atoms with Gasteiger partial charge in [0.05, 0.1) is 18.9 Å². The average Bonchev–Trinajstić information content (AvgIpc) is 2.34. The molecule has 1 rings (SSSR count). The van der Waals surface area contributed by atoms with Crippen molar-refractivity contribution in [2.45, 2.75) is 26.1 Å². The number of halogens is 1. The van der Waals surface area contributed by atoms with Gasteiger partial charge >= 0.3 is 0 Å². The molecule has 1 aromatic carbocycles. The molecule has 0 aromatic heterocycles. The van der Waals surface area contributed by atoms with Crippen LogP contribution in [0.5, 0.6) is 0 Å². The predicted octanol–water partition coefficient (Wildman–Crippen LogP) is 1.96. The summed E-state index contributed by atoms with van der Waals surface area (Å²) in [4.78, 5) is 4.86. The van der Waals surface area contributed by atoms with E-state index in [9.17, 15) is 9.50 Å². The first-order valence-electron chi connectivity index (χ1n) is 5.79. The summed E-state index contributed by atoms with van der Waals surface area (Å²) in [6.45, 7) is 3.96. The number of rotatable bonds is 7. The normalized spacial score (nSPS) is 13.2. The fourth-order valence-electron chi connectivity index (χ4n) is 1.15. The quantitative estimate of drug-likeness (QED) is 0.598. The van der Waals surface area contributed by atoms with E-state index < -0.39 is 6.10 Å². The van der Waals surface area contributed by atoms with Crippen LogP contribution in [0.3, 0.4) is 0 Å². The predicted molar refractivity (Wildman–Crippen MR) is 67.0 cm³/mol. The van der Waals surface area contributed by atoms with Crippen LogP contribution in [0.15, 0.2) is 29.4 Å². The fourth-order valence-corrected chi connectivity index (χ4v) is 1.15. The molecule has 1 atom stereocenters. The summed E-state index contributed by atoms with van der Waals surface area (Å²) in [5.74, 6) is -0.367. The van der Waals surface area contributed by atoms with Gasteiger partial charge in [0.1, 0.15) is 18.5 Å². The molecule has 0 heterocycles. The standard InChI is InChI=1S/C13H18FNO3/c1-10(2)17-8-12(16)9-18-15-7-11-5-3-4-6-13(11)14/h3-7,10,12,16H,8-9H2,1-2H3/b15-7+. The van der Waals surface area contributed by atoms with Crippen molar-refractivity contribution in [3.05, 3.63) is 35.6 Å². The SMILES string of the molecule is CC(C)OCC(O)CO/N=C/c1ccccc1F. The zero-order valence-electron chi connectivity index (χ0n) is 10.5. The zero-order valence-corrected chi connectivity index (χ0v) is 10.5. The fraction of sp³-hybridized carbons (Fsp3) is 0.462. The van der Waals surface area contributed by atoms with Crippen molar-refractivity contribution in [3.63, 3.8) is 0 Å². The molecule has 0 amide bonds. The third-order valence-corrected chi connectivity index (χ3v) is 2.06. The Labute approximate surface area is 106 Å². The summed E-state index contributed by atoms with van der Waals surface area (Å²) in [5, 5.41) is 13.0. The van der Waals surface area contributed by atoms with Crippen LogP contribution in [0, 0.1) is 5.82 Å². The highest BCUT2D eigenvalue weighted by Crippen LogP contribution is 2.03. The second kappa shape index (κ2) is 7.79. The summed E-state index contributed by atoms with van der Waals surface area (Å²) >= 11 is 0. The number of ether oxygens (including phenoxy) is 1. The topological polar surface area (TPSA) is 51.0 Å². The van der Waals surface area contributed by atoms with E-state index >= 15 is 0 Å². The molecular weight excluding hydrogens is 237 g/mol. The Bertz CT molecular complexity index is 382. The van der Waals surface area contributed by atoms with Gasteiger partial charge in [0.25, 0.3) is 0 Å². The Morgan fingerprint density at radius 1 is 1.33 bits per heavy atom.